The van der Waals surface area contributed by atoms with E-state index in [1.165, 1.54) is 40.7 Å². The van der Waals surface area contributed by atoms with E-state index < -0.39 is 0 Å². The van der Waals surface area contributed by atoms with Crippen molar-refractivity contribution in [2.24, 2.45) is 11.8 Å². The van der Waals surface area contributed by atoms with Gasteiger partial charge in [0.1, 0.15) is 0 Å². The zero-order valence-electron chi connectivity index (χ0n) is 18.2. The quantitative estimate of drug-likeness (QED) is 0.396. The van der Waals surface area contributed by atoms with Crippen molar-refractivity contribution in [3.63, 3.8) is 0 Å². The summed E-state index contributed by atoms with van der Waals surface area (Å²) in [7, 11) is 0. The van der Waals surface area contributed by atoms with Crippen molar-refractivity contribution in [3.05, 3.63) is 119 Å². The lowest BCUT2D eigenvalue weighted by Crippen LogP contribution is -2.10. The fourth-order valence-corrected chi connectivity index (χ4v) is 5.01. The molecule has 0 unspecified atom stereocenters. The third-order valence-corrected chi connectivity index (χ3v) is 6.43. The smallest absolute Gasteiger partial charge is 0.0114 e. The first-order valence-corrected chi connectivity index (χ1v) is 11.4. The van der Waals surface area contributed by atoms with E-state index in [9.17, 15) is 0 Å². The van der Waals surface area contributed by atoms with Gasteiger partial charge in [-0.1, -0.05) is 116 Å². The molecular weight excluding hydrogens is 360 g/mol. The van der Waals surface area contributed by atoms with Crippen LogP contribution in [-0.4, -0.2) is 0 Å². The van der Waals surface area contributed by atoms with Gasteiger partial charge in [0.25, 0.3) is 0 Å². The van der Waals surface area contributed by atoms with E-state index in [0.29, 0.717) is 11.8 Å². The fourth-order valence-electron chi connectivity index (χ4n) is 5.01. The van der Waals surface area contributed by atoms with Gasteiger partial charge in [-0.15, -0.1) is 0 Å². The van der Waals surface area contributed by atoms with Crippen molar-refractivity contribution in [2.75, 3.05) is 0 Å². The molecule has 1 aliphatic rings. The number of hydrogen-bond donors (Lipinski definition) is 0. The van der Waals surface area contributed by atoms with Gasteiger partial charge in [-0.25, -0.2) is 0 Å². The molecule has 0 aliphatic heterocycles. The topological polar surface area (TPSA) is 0 Å². The van der Waals surface area contributed by atoms with Crippen LogP contribution in [0.1, 0.15) is 49.8 Å². The van der Waals surface area contributed by atoms with Crippen LogP contribution in [-0.2, 0) is 6.42 Å². The molecule has 0 amide bonds. The molecule has 0 radical (unpaired) electrons. The van der Waals surface area contributed by atoms with Gasteiger partial charge in [-0.3, -0.25) is 0 Å². The van der Waals surface area contributed by atoms with Crippen molar-refractivity contribution in [3.8, 4) is 0 Å². The summed E-state index contributed by atoms with van der Waals surface area (Å²) in [5.74, 6) is 1.16. The molecule has 0 heterocycles. The Kier molecular flexibility index (Phi) is 6.64. The Hall–Kier alpha value is -2.86. The largest absolute Gasteiger partial charge is 0.0726 e. The highest BCUT2D eigenvalue weighted by Crippen LogP contribution is 2.44. The normalized spacial score (nSPS) is 19.3. The molecule has 0 heteroatoms. The molecule has 2 atom stereocenters. The standard InChI is InChI=1S/C30H32/c1-3-25-21-24(20-23-14-8-5-9-15-23)22-29(26-16-10-6-11-17-26)30(28(25)4-2)27-18-12-7-13-19-27/h5-19,22,24-25H,3-4,20-21H2,1-2H3/t24-,25-/m1/s1. The van der Waals surface area contributed by atoms with E-state index in [4.69, 9.17) is 0 Å². The number of rotatable bonds is 6. The predicted molar refractivity (Wildman–Crippen MR) is 130 cm³/mol. The summed E-state index contributed by atoms with van der Waals surface area (Å²) in [6.45, 7) is 4.69. The average molecular weight is 393 g/mol. The minimum absolute atomic E-state index is 0.537. The zero-order chi connectivity index (χ0) is 20.8. The van der Waals surface area contributed by atoms with Gasteiger partial charge in [0.2, 0.25) is 0 Å². The summed E-state index contributed by atoms with van der Waals surface area (Å²) in [5, 5.41) is 0. The Labute approximate surface area is 182 Å². The van der Waals surface area contributed by atoms with Crippen LogP contribution in [0.15, 0.2) is 103 Å². The van der Waals surface area contributed by atoms with Gasteiger partial charge >= 0.3 is 0 Å². The summed E-state index contributed by atoms with van der Waals surface area (Å²) in [4.78, 5) is 0. The van der Waals surface area contributed by atoms with Gasteiger partial charge in [-0.05, 0) is 65.4 Å². The van der Waals surface area contributed by atoms with Crippen LogP contribution in [0.25, 0.3) is 11.1 Å². The van der Waals surface area contributed by atoms with Crippen LogP contribution >= 0.6 is 0 Å². The highest BCUT2D eigenvalue weighted by molar-refractivity contribution is 6.06. The number of benzene rings is 3. The average Bonchev–Trinajstić information content (AvgIpc) is 2.97. The van der Waals surface area contributed by atoms with Crippen molar-refractivity contribution in [1.82, 2.24) is 0 Å². The summed E-state index contributed by atoms with van der Waals surface area (Å²) in [6, 6.07) is 33.0. The van der Waals surface area contributed by atoms with Crippen molar-refractivity contribution >= 4 is 11.1 Å². The minimum atomic E-state index is 0.537. The minimum Gasteiger partial charge on any atom is -0.0726 e. The van der Waals surface area contributed by atoms with Crippen molar-refractivity contribution < 1.29 is 0 Å². The maximum atomic E-state index is 2.58. The van der Waals surface area contributed by atoms with Crippen molar-refractivity contribution in [2.45, 2.75) is 39.5 Å². The van der Waals surface area contributed by atoms with E-state index in [1.54, 1.807) is 5.57 Å². The van der Waals surface area contributed by atoms with Crippen LogP contribution in [0.3, 0.4) is 0 Å². The zero-order valence-corrected chi connectivity index (χ0v) is 18.2. The molecule has 0 nitrogen and oxygen atoms in total. The molecule has 0 bridgehead atoms. The molecule has 1 aliphatic carbocycles. The molecule has 0 saturated heterocycles. The molecule has 0 saturated carbocycles. The Balaban J connectivity index is 1.88. The van der Waals surface area contributed by atoms with E-state index in [-0.39, 0.29) is 0 Å². The summed E-state index contributed by atoms with van der Waals surface area (Å²) in [6.07, 6.45) is 7.20. The molecule has 0 N–H and O–H groups in total. The van der Waals surface area contributed by atoms with E-state index in [1.807, 2.05) is 0 Å². The molecule has 3 aromatic rings. The lowest BCUT2D eigenvalue weighted by molar-refractivity contribution is 0.449. The monoisotopic (exact) mass is 392 g/mol. The summed E-state index contributed by atoms with van der Waals surface area (Å²) >= 11 is 0. The molecule has 0 aromatic heterocycles. The number of allylic oxidation sites excluding steroid dienone is 4. The fraction of sp³-hybridized carbons (Fsp3) is 0.267. The number of hydrogen-bond acceptors (Lipinski definition) is 0. The van der Waals surface area contributed by atoms with Gasteiger partial charge in [-0.2, -0.15) is 0 Å². The SMILES string of the molecule is CCC1=C(c2ccccc2)C(c2ccccc2)=C[C@H](Cc2ccccc2)C[C@H]1CC. The maximum Gasteiger partial charge on any atom is -0.0114 e. The summed E-state index contributed by atoms with van der Waals surface area (Å²) in [5.41, 5.74) is 8.61. The van der Waals surface area contributed by atoms with Gasteiger partial charge in [0.05, 0.1) is 0 Å². The second-order valence-electron chi connectivity index (χ2n) is 8.36. The third-order valence-electron chi connectivity index (χ3n) is 6.43. The molecule has 152 valence electrons. The second kappa shape index (κ2) is 9.76. The molecule has 30 heavy (non-hydrogen) atoms. The highest BCUT2D eigenvalue weighted by atomic mass is 14.3. The van der Waals surface area contributed by atoms with Gasteiger partial charge < -0.3 is 0 Å². The molecule has 0 spiro atoms. The van der Waals surface area contributed by atoms with Crippen LogP contribution in [0.2, 0.25) is 0 Å². The highest BCUT2D eigenvalue weighted by Gasteiger charge is 2.27. The van der Waals surface area contributed by atoms with Crippen LogP contribution in [0.5, 0.6) is 0 Å². The van der Waals surface area contributed by atoms with Gasteiger partial charge in [0.15, 0.2) is 0 Å². The maximum absolute atomic E-state index is 2.58. The Bertz CT molecular complexity index is 994. The Morgan fingerprint density at radius 3 is 1.83 bits per heavy atom. The molecule has 0 fully saturated rings. The molecule has 3 aromatic carbocycles. The molecule has 4 rings (SSSR count). The predicted octanol–water partition coefficient (Wildman–Crippen LogP) is 8.22. The van der Waals surface area contributed by atoms with Crippen LogP contribution in [0, 0.1) is 11.8 Å². The Morgan fingerprint density at radius 2 is 1.27 bits per heavy atom. The lowest BCUT2D eigenvalue weighted by atomic mass is 9.82. The van der Waals surface area contributed by atoms with E-state index >= 15 is 0 Å². The van der Waals surface area contributed by atoms with E-state index in [0.717, 1.165) is 12.8 Å². The first-order chi connectivity index (χ1) is 14.8. The first-order valence-electron chi connectivity index (χ1n) is 11.4. The van der Waals surface area contributed by atoms with E-state index in [2.05, 4.69) is 111 Å². The van der Waals surface area contributed by atoms with Gasteiger partial charge in [0, 0.05) is 0 Å². The Morgan fingerprint density at radius 1 is 0.700 bits per heavy atom. The molecular formula is C30H32. The second-order valence-corrected chi connectivity index (χ2v) is 8.36. The van der Waals surface area contributed by atoms with Crippen molar-refractivity contribution in [1.29, 1.82) is 0 Å². The first kappa shape index (κ1) is 20.4. The van der Waals surface area contributed by atoms with Crippen LogP contribution < -0.4 is 0 Å². The lowest BCUT2D eigenvalue weighted by Gasteiger charge is -2.23. The van der Waals surface area contributed by atoms with Crippen LogP contribution in [0.4, 0.5) is 0 Å². The summed E-state index contributed by atoms with van der Waals surface area (Å²) < 4.78 is 0. The third kappa shape index (κ3) is 4.49.